The van der Waals surface area contributed by atoms with Gasteiger partial charge in [0, 0.05) is 26.2 Å². The molecule has 3 rings (SSSR count). The van der Waals surface area contributed by atoms with Crippen molar-refractivity contribution in [3.8, 4) is 0 Å². The second kappa shape index (κ2) is 15.0. The second-order valence-corrected chi connectivity index (χ2v) is 12.8. The summed E-state index contributed by atoms with van der Waals surface area (Å²) in [7, 11) is -7.52. The van der Waals surface area contributed by atoms with E-state index in [-0.39, 0.29) is 62.4 Å². The lowest BCUT2D eigenvalue weighted by Crippen LogP contribution is -2.39. The molecule has 2 aromatic rings. The highest BCUT2D eigenvalue weighted by Gasteiger charge is 2.26. The zero-order chi connectivity index (χ0) is 27.4. The van der Waals surface area contributed by atoms with Gasteiger partial charge in [-0.1, -0.05) is 35.4 Å². The Morgan fingerprint density at radius 3 is 1.05 bits per heavy atom. The zero-order valence-electron chi connectivity index (χ0n) is 22.1. The number of rotatable bonds is 4. The fourth-order valence-corrected chi connectivity index (χ4v) is 6.55. The molecule has 1 aliphatic heterocycles. The molecule has 0 radical (unpaired) electrons. The van der Waals surface area contributed by atoms with Crippen molar-refractivity contribution in [2.45, 2.75) is 23.6 Å². The maximum atomic E-state index is 13.3. The summed E-state index contributed by atoms with van der Waals surface area (Å²) in [6, 6.07) is 13.4. The highest BCUT2D eigenvalue weighted by atomic mass is 32.2. The molecule has 1 heterocycles. The first-order chi connectivity index (χ1) is 18.2. The molecule has 38 heavy (non-hydrogen) atoms. The number of aryl methyl sites for hydroxylation is 2. The van der Waals surface area contributed by atoms with E-state index in [9.17, 15) is 16.8 Å². The Bertz CT molecular complexity index is 1090. The first kappa shape index (κ1) is 30.6. The molecule has 0 N–H and O–H groups in total. The van der Waals surface area contributed by atoms with Gasteiger partial charge in [0.25, 0.3) is 0 Å². The molecular weight excluding hydrogens is 532 g/mol. The summed E-state index contributed by atoms with van der Waals surface area (Å²) in [6.45, 7) is 6.20. The van der Waals surface area contributed by atoms with Crippen LogP contribution in [0.3, 0.4) is 0 Å². The summed E-state index contributed by atoms with van der Waals surface area (Å²) in [5.74, 6) is 0. The van der Waals surface area contributed by atoms with Crippen molar-refractivity contribution >= 4 is 20.0 Å². The highest BCUT2D eigenvalue weighted by molar-refractivity contribution is 7.89. The molecule has 212 valence electrons. The average Bonchev–Trinajstić information content (AvgIpc) is 2.89. The van der Waals surface area contributed by atoms with E-state index < -0.39 is 20.0 Å². The molecule has 10 nitrogen and oxygen atoms in total. The van der Waals surface area contributed by atoms with Crippen molar-refractivity contribution in [1.82, 2.24) is 8.61 Å². The van der Waals surface area contributed by atoms with Gasteiger partial charge < -0.3 is 18.9 Å². The van der Waals surface area contributed by atoms with Crippen molar-refractivity contribution in [3.63, 3.8) is 0 Å². The maximum absolute atomic E-state index is 13.3. The van der Waals surface area contributed by atoms with Crippen LogP contribution in [0.1, 0.15) is 11.1 Å². The molecule has 0 aromatic heterocycles. The fourth-order valence-electron chi connectivity index (χ4n) is 3.73. The molecule has 1 fully saturated rings. The normalized spacial score (nSPS) is 19.4. The summed E-state index contributed by atoms with van der Waals surface area (Å²) >= 11 is 0. The van der Waals surface area contributed by atoms with Crippen LogP contribution in [-0.4, -0.2) is 104 Å². The van der Waals surface area contributed by atoms with E-state index in [1.807, 2.05) is 13.8 Å². The van der Waals surface area contributed by atoms with Crippen LogP contribution in [0.4, 0.5) is 0 Å². The average molecular weight is 571 g/mol. The number of hydrogen-bond acceptors (Lipinski definition) is 8. The van der Waals surface area contributed by atoms with Crippen LogP contribution in [-0.2, 0) is 39.0 Å². The third kappa shape index (κ3) is 9.09. The lowest BCUT2D eigenvalue weighted by atomic mass is 10.2. The summed E-state index contributed by atoms with van der Waals surface area (Å²) in [5, 5.41) is 0. The van der Waals surface area contributed by atoms with E-state index in [1.165, 1.54) is 8.61 Å². The monoisotopic (exact) mass is 570 g/mol. The van der Waals surface area contributed by atoms with Crippen molar-refractivity contribution in [1.29, 1.82) is 0 Å². The topological polar surface area (TPSA) is 112 Å². The Hall–Kier alpha value is -1.90. The largest absolute Gasteiger partial charge is 0.379 e. The predicted molar refractivity (Wildman–Crippen MR) is 143 cm³/mol. The van der Waals surface area contributed by atoms with E-state index in [0.29, 0.717) is 26.4 Å². The molecule has 0 saturated carbocycles. The number of hydrogen-bond donors (Lipinski definition) is 0. The van der Waals surface area contributed by atoms with E-state index in [0.717, 1.165) is 11.1 Å². The van der Waals surface area contributed by atoms with E-state index >= 15 is 0 Å². The molecule has 0 spiro atoms. The molecule has 0 aliphatic carbocycles. The molecule has 1 aliphatic rings. The van der Waals surface area contributed by atoms with Crippen LogP contribution in [0.2, 0.25) is 0 Å². The third-order valence-corrected chi connectivity index (χ3v) is 9.83. The Morgan fingerprint density at radius 1 is 0.474 bits per heavy atom. The van der Waals surface area contributed by atoms with Gasteiger partial charge in [-0.25, -0.2) is 16.8 Å². The fraction of sp³-hybridized carbons (Fsp3) is 0.538. The number of sulfonamides is 2. The van der Waals surface area contributed by atoms with Crippen molar-refractivity contribution < 1.29 is 35.8 Å². The molecule has 12 heteroatoms. The molecule has 2 aromatic carbocycles. The van der Waals surface area contributed by atoms with Crippen LogP contribution in [0.25, 0.3) is 0 Å². The van der Waals surface area contributed by atoms with E-state index in [2.05, 4.69) is 0 Å². The second-order valence-electron chi connectivity index (χ2n) is 8.88. The van der Waals surface area contributed by atoms with Crippen LogP contribution in [0, 0.1) is 13.8 Å². The van der Waals surface area contributed by atoms with Gasteiger partial charge in [0.1, 0.15) is 0 Å². The number of nitrogens with zero attached hydrogens (tertiary/aromatic N) is 2. The summed E-state index contributed by atoms with van der Waals surface area (Å²) in [5.41, 5.74) is 1.93. The maximum Gasteiger partial charge on any atom is 0.243 e. The first-order valence-electron chi connectivity index (χ1n) is 12.7. The molecule has 0 bridgehead atoms. The van der Waals surface area contributed by atoms with Gasteiger partial charge in [-0.2, -0.15) is 8.61 Å². The van der Waals surface area contributed by atoms with Crippen LogP contribution in [0.15, 0.2) is 58.3 Å². The molecule has 0 unspecified atom stereocenters. The van der Waals surface area contributed by atoms with Gasteiger partial charge in [-0.3, -0.25) is 0 Å². The van der Waals surface area contributed by atoms with Crippen molar-refractivity contribution in [3.05, 3.63) is 59.7 Å². The van der Waals surface area contributed by atoms with Crippen LogP contribution < -0.4 is 0 Å². The molecule has 0 atom stereocenters. The van der Waals surface area contributed by atoms with Gasteiger partial charge >= 0.3 is 0 Å². The minimum Gasteiger partial charge on any atom is -0.379 e. The standard InChI is InChI=1S/C26H38N2O8S2/c1-23-3-7-25(8-4-23)37(29,30)27-11-15-33-16-12-28(38(31,32)26-9-5-24(2)6-10-26)14-18-35-20-22-36-21-19-34-17-13-27/h3-10H,11-22H2,1-2H3. The molecular formula is C26H38N2O8S2. The Labute approximate surface area is 226 Å². The third-order valence-electron chi connectivity index (χ3n) is 6.00. The van der Waals surface area contributed by atoms with Gasteiger partial charge in [-0.05, 0) is 38.1 Å². The van der Waals surface area contributed by atoms with Gasteiger partial charge in [0.15, 0.2) is 0 Å². The SMILES string of the molecule is Cc1ccc(S(=O)(=O)N2CCOCCOCCOCCN(S(=O)(=O)c3ccc(C)cc3)CCOCC2)cc1. The highest BCUT2D eigenvalue weighted by Crippen LogP contribution is 2.18. The summed E-state index contributed by atoms with van der Waals surface area (Å²) in [4.78, 5) is 0.396. The Morgan fingerprint density at radius 2 is 0.737 bits per heavy atom. The quantitative estimate of drug-likeness (QED) is 0.549. The molecule has 0 amide bonds. The van der Waals surface area contributed by atoms with Crippen LogP contribution >= 0.6 is 0 Å². The number of ether oxygens (including phenoxy) is 4. The molecule has 1 saturated heterocycles. The van der Waals surface area contributed by atoms with Crippen LogP contribution in [0.5, 0.6) is 0 Å². The van der Waals surface area contributed by atoms with Gasteiger partial charge in [0.05, 0.1) is 62.6 Å². The van der Waals surface area contributed by atoms with Crippen molar-refractivity contribution in [2.75, 3.05) is 79.0 Å². The minimum absolute atomic E-state index is 0.100. The lowest BCUT2D eigenvalue weighted by molar-refractivity contribution is 0.00910. The minimum atomic E-state index is -3.76. The summed E-state index contributed by atoms with van der Waals surface area (Å²) < 4.78 is 78.1. The van der Waals surface area contributed by atoms with E-state index in [4.69, 9.17) is 18.9 Å². The smallest absolute Gasteiger partial charge is 0.243 e. The van der Waals surface area contributed by atoms with E-state index in [1.54, 1.807) is 48.5 Å². The Balaban J connectivity index is 1.69. The summed E-state index contributed by atoms with van der Waals surface area (Å²) in [6.07, 6.45) is 0. The van der Waals surface area contributed by atoms with Gasteiger partial charge in [-0.15, -0.1) is 0 Å². The number of benzene rings is 2. The van der Waals surface area contributed by atoms with Gasteiger partial charge in [0.2, 0.25) is 20.0 Å². The lowest BCUT2D eigenvalue weighted by Gasteiger charge is -2.24. The zero-order valence-corrected chi connectivity index (χ0v) is 23.7. The Kier molecular flexibility index (Phi) is 12.1. The first-order valence-corrected chi connectivity index (χ1v) is 15.5. The van der Waals surface area contributed by atoms with Crippen molar-refractivity contribution in [2.24, 2.45) is 0 Å². The predicted octanol–water partition coefficient (Wildman–Crippen LogP) is 2.07.